The molecule has 0 aromatic heterocycles. The number of nitrogens with zero attached hydrogens (tertiary/aromatic N) is 1. The second-order valence-electron chi connectivity index (χ2n) is 16.3. The topological polar surface area (TPSA) is 102 Å². The average Bonchev–Trinajstić information content (AvgIpc) is 3.14. The van der Waals surface area contributed by atoms with Crippen molar-refractivity contribution in [3.8, 4) is 0 Å². The average molecular weight is 776 g/mol. The number of ether oxygens (including phenoxy) is 3. The Kier molecular flexibility index (Phi) is 36.7. The normalized spacial score (nSPS) is 13.3. The number of carboxylic acid groups (broad SMARTS) is 1. The van der Waals surface area contributed by atoms with E-state index in [1.54, 1.807) is 21.1 Å². The third-order valence-electron chi connectivity index (χ3n) is 10.0. The Morgan fingerprint density at radius 3 is 1.51 bits per heavy atom. The fraction of sp³-hybridized carbons (Fsp3) is 0.809. The van der Waals surface area contributed by atoms with Crippen LogP contribution in [0.15, 0.2) is 36.5 Å². The summed E-state index contributed by atoms with van der Waals surface area (Å²) < 4.78 is 17.2. The van der Waals surface area contributed by atoms with E-state index >= 15 is 0 Å². The van der Waals surface area contributed by atoms with Crippen molar-refractivity contribution in [2.24, 2.45) is 0 Å². The Hall–Kier alpha value is -2.45. The minimum Gasteiger partial charge on any atom is -0.544 e. The molecule has 0 bridgehead atoms. The summed E-state index contributed by atoms with van der Waals surface area (Å²) in [6.45, 7) is 4.55. The zero-order chi connectivity index (χ0) is 40.7. The van der Waals surface area contributed by atoms with Crippen molar-refractivity contribution < 1.29 is 38.2 Å². The smallest absolute Gasteiger partial charge is 0.306 e. The summed E-state index contributed by atoms with van der Waals surface area (Å²) in [7, 11) is 5.41. The highest BCUT2D eigenvalue weighted by atomic mass is 16.6. The summed E-state index contributed by atoms with van der Waals surface area (Å²) in [5.41, 5.74) is 0. The molecule has 0 radical (unpaired) electrons. The molecule has 8 heteroatoms. The van der Waals surface area contributed by atoms with Gasteiger partial charge in [-0.1, -0.05) is 166 Å². The maximum atomic E-state index is 12.7. The van der Waals surface area contributed by atoms with Crippen LogP contribution in [0.5, 0.6) is 0 Å². The highest BCUT2D eigenvalue weighted by Gasteiger charge is 2.25. The lowest BCUT2D eigenvalue weighted by atomic mass is 10.1. The van der Waals surface area contributed by atoms with Crippen LogP contribution in [0.4, 0.5) is 0 Å². The molecular weight excluding hydrogens is 691 g/mol. The molecule has 0 N–H and O–H groups in total. The number of likely N-dealkylation sites (N-methyl/N-ethyl adjacent to an activating group) is 1. The van der Waals surface area contributed by atoms with Crippen LogP contribution in [-0.2, 0) is 28.6 Å². The number of carbonyl (C=O) groups is 3. The Bertz CT molecular complexity index is 1000. The first kappa shape index (κ1) is 52.6. The van der Waals surface area contributed by atoms with E-state index in [0.717, 1.165) is 57.8 Å². The third kappa shape index (κ3) is 36.9. The molecule has 0 heterocycles. The molecular formula is C47H85NO7. The summed E-state index contributed by atoms with van der Waals surface area (Å²) in [5, 5.41) is 11.6. The number of quaternary nitrogens is 1. The van der Waals surface area contributed by atoms with E-state index in [-0.39, 0.29) is 42.7 Å². The van der Waals surface area contributed by atoms with Gasteiger partial charge in [-0.15, -0.1) is 0 Å². The zero-order valence-electron chi connectivity index (χ0n) is 36.3. The van der Waals surface area contributed by atoms with E-state index in [1.807, 2.05) is 0 Å². The zero-order valence-corrected chi connectivity index (χ0v) is 36.3. The Balaban J connectivity index is 4.24. The molecule has 0 saturated carbocycles. The molecule has 0 aliphatic carbocycles. The number of esters is 2. The van der Waals surface area contributed by atoms with Gasteiger partial charge in [-0.2, -0.15) is 0 Å². The van der Waals surface area contributed by atoms with Crippen LogP contribution in [0, 0.1) is 0 Å². The molecule has 0 aliphatic rings. The molecule has 55 heavy (non-hydrogen) atoms. The van der Waals surface area contributed by atoms with E-state index in [2.05, 4.69) is 50.3 Å². The van der Waals surface area contributed by atoms with Crippen molar-refractivity contribution in [1.82, 2.24) is 0 Å². The van der Waals surface area contributed by atoms with Crippen molar-refractivity contribution >= 4 is 17.9 Å². The summed E-state index contributed by atoms with van der Waals surface area (Å²) >= 11 is 0. The lowest BCUT2D eigenvalue weighted by Gasteiger charge is -2.34. The molecule has 0 fully saturated rings. The van der Waals surface area contributed by atoms with E-state index in [9.17, 15) is 19.5 Å². The van der Waals surface area contributed by atoms with Gasteiger partial charge in [0, 0.05) is 19.3 Å². The molecule has 8 nitrogen and oxygen atoms in total. The Morgan fingerprint density at radius 1 is 0.564 bits per heavy atom. The summed E-state index contributed by atoms with van der Waals surface area (Å²) in [6, 6.07) is -0.723. The molecule has 0 spiro atoms. The molecule has 2 atom stereocenters. The van der Waals surface area contributed by atoms with Gasteiger partial charge in [0.2, 0.25) is 0 Å². The largest absolute Gasteiger partial charge is 0.544 e. The van der Waals surface area contributed by atoms with Gasteiger partial charge in [-0.3, -0.25) is 9.59 Å². The van der Waals surface area contributed by atoms with Gasteiger partial charge in [0.15, 0.2) is 6.10 Å². The van der Waals surface area contributed by atoms with Crippen molar-refractivity contribution in [3.05, 3.63) is 36.5 Å². The number of hydrogen-bond acceptors (Lipinski definition) is 7. The highest BCUT2D eigenvalue weighted by Crippen LogP contribution is 2.15. The predicted octanol–water partition coefficient (Wildman–Crippen LogP) is 10.9. The SMILES string of the molecule is CC/C=C/C/C=C/C/C=C/CCCCCCCCCCCCC(=O)OCC(COCCC(C(=O)[O-])[N+](C)(C)C)OC(=O)CCCCCCCCCCCCC. The number of carbonyl (C=O) groups excluding carboxylic acids is 3. The lowest BCUT2D eigenvalue weighted by Crippen LogP contribution is -2.55. The molecule has 0 rings (SSSR count). The van der Waals surface area contributed by atoms with Gasteiger partial charge in [-0.25, -0.2) is 0 Å². The summed E-state index contributed by atoms with van der Waals surface area (Å²) in [5.74, 6) is -1.73. The lowest BCUT2D eigenvalue weighted by molar-refractivity contribution is -0.889. The Morgan fingerprint density at radius 2 is 1.02 bits per heavy atom. The van der Waals surface area contributed by atoms with E-state index in [1.165, 1.54) is 103 Å². The van der Waals surface area contributed by atoms with Crippen LogP contribution in [0.3, 0.4) is 0 Å². The van der Waals surface area contributed by atoms with Gasteiger partial charge < -0.3 is 28.6 Å². The van der Waals surface area contributed by atoms with Gasteiger partial charge in [-0.05, 0) is 44.9 Å². The maximum Gasteiger partial charge on any atom is 0.306 e. The number of carboxylic acids is 1. The molecule has 0 amide bonds. The van der Waals surface area contributed by atoms with Crippen LogP contribution in [-0.4, -0.2) is 75.5 Å². The second-order valence-corrected chi connectivity index (χ2v) is 16.3. The maximum absolute atomic E-state index is 12.7. The Labute approximate surface area is 338 Å². The van der Waals surface area contributed by atoms with Crippen molar-refractivity contribution in [2.75, 3.05) is 41.0 Å². The minimum atomic E-state index is -1.12. The fourth-order valence-electron chi connectivity index (χ4n) is 6.56. The van der Waals surface area contributed by atoms with Crippen molar-refractivity contribution in [2.45, 2.75) is 206 Å². The van der Waals surface area contributed by atoms with Crippen molar-refractivity contribution in [1.29, 1.82) is 0 Å². The van der Waals surface area contributed by atoms with Gasteiger partial charge in [0.1, 0.15) is 12.6 Å². The van der Waals surface area contributed by atoms with Crippen LogP contribution < -0.4 is 5.11 Å². The van der Waals surface area contributed by atoms with Crippen LogP contribution in [0.25, 0.3) is 0 Å². The first-order valence-electron chi connectivity index (χ1n) is 22.5. The highest BCUT2D eigenvalue weighted by molar-refractivity contribution is 5.70. The molecule has 0 saturated heterocycles. The second kappa shape index (κ2) is 38.4. The van der Waals surface area contributed by atoms with E-state index < -0.39 is 18.1 Å². The first-order valence-corrected chi connectivity index (χ1v) is 22.5. The van der Waals surface area contributed by atoms with Crippen LogP contribution in [0.2, 0.25) is 0 Å². The standard InChI is InChI=1S/C47H85NO7/c1-6-8-10-12-14-16-18-19-20-21-22-23-24-25-26-28-29-31-33-35-37-45(49)54-42-43(41-53-40-39-44(47(51)52)48(3,4)5)55-46(50)38-36-34-32-30-27-17-15-13-11-9-7-2/h8,10,14,16,19-20,43-44H,6-7,9,11-13,15,17-18,21-42H2,1-5H3/b10-8+,16-14+,20-19+. The number of aliphatic carboxylic acids is 1. The molecule has 0 aromatic carbocycles. The third-order valence-corrected chi connectivity index (χ3v) is 10.0. The van der Waals surface area contributed by atoms with E-state index in [0.29, 0.717) is 12.8 Å². The minimum absolute atomic E-state index is 0.0423. The number of rotatable bonds is 40. The van der Waals surface area contributed by atoms with Gasteiger partial charge in [0.25, 0.3) is 0 Å². The summed E-state index contributed by atoms with van der Waals surface area (Å²) in [6.07, 6.45) is 43.1. The van der Waals surface area contributed by atoms with E-state index in [4.69, 9.17) is 14.2 Å². The number of hydrogen-bond donors (Lipinski definition) is 0. The number of unbranched alkanes of at least 4 members (excludes halogenated alkanes) is 20. The van der Waals surface area contributed by atoms with Crippen molar-refractivity contribution in [3.63, 3.8) is 0 Å². The fourth-order valence-corrected chi connectivity index (χ4v) is 6.56. The van der Waals surface area contributed by atoms with Gasteiger partial charge in [0.05, 0.1) is 40.3 Å². The molecule has 0 aromatic rings. The first-order chi connectivity index (χ1) is 26.6. The summed E-state index contributed by atoms with van der Waals surface area (Å²) in [4.78, 5) is 36.8. The predicted molar refractivity (Wildman–Crippen MR) is 227 cm³/mol. The molecule has 2 unspecified atom stereocenters. The molecule has 320 valence electrons. The quantitative estimate of drug-likeness (QED) is 0.0264. The van der Waals surface area contributed by atoms with Gasteiger partial charge >= 0.3 is 11.9 Å². The molecule has 0 aliphatic heterocycles. The van der Waals surface area contributed by atoms with Crippen LogP contribution in [0.1, 0.15) is 194 Å². The number of allylic oxidation sites excluding steroid dienone is 6. The monoisotopic (exact) mass is 776 g/mol. The van der Waals surface area contributed by atoms with Crippen LogP contribution >= 0.6 is 0 Å².